The van der Waals surface area contributed by atoms with Crippen LogP contribution in [-0.2, 0) is 9.53 Å². The van der Waals surface area contributed by atoms with Crippen molar-refractivity contribution >= 4 is 11.8 Å². The zero-order valence-electron chi connectivity index (χ0n) is 14.8. The molecule has 24 heavy (non-hydrogen) atoms. The molecule has 1 heterocycles. The van der Waals surface area contributed by atoms with Gasteiger partial charge in [-0.2, -0.15) is 0 Å². The molecule has 5 rings (SSSR count). The summed E-state index contributed by atoms with van der Waals surface area (Å²) in [6, 6.07) is 1.68. The number of furan rings is 1. The SMILES string of the molecule is Cc1cc(C(=O)OC(C)C(=O)C23CC4CC(CC(C4)C2)C3)c(C)o1. The maximum Gasteiger partial charge on any atom is 0.342 e. The lowest BCUT2D eigenvalue weighted by molar-refractivity contribution is -0.152. The maximum atomic E-state index is 13.2. The second-order valence-electron chi connectivity index (χ2n) is 8.44. The number of carbonyl (C=O) groups is 2. The molecule has 4 heteroatoms. The highest BCUT2D eigenvalue weighted by molar-refractivity contribution is 5.95. The zero-order valence-corrected chi connectivity index (χ0v) is 14.8. The topological polar surface area (TPSA) is 56.5 Å². The van der Waals surface area contributed by atoms with Gasteiger partial charge in [-0.05, 0) is 83.1 Å². The van der Waals surface area contributed by atoms with Crippen molar-refractivity contribution in [1.29, 1.82) is 0 Å². The lowest BCUT2D eigenvalue weighted by Gasteiger charge is -2.56. The van der Waals surface area contributed by atoms with Crippen LogP contribution in [0.3, 0.4) is 0 Å². The molecular formula is C20H26O4. The first kappa shape index (κ1) is 15.9. The van der Waals surface area contributed by atoms with Crippen LogP contribution in [-0.4, -0.2) is 17.9 Å². The highest BCUT2D eigenvalue weighted by Gasteiger charge is 2.55. The smallest absolute Gasteiger partial charge is 0.342 e. The van der Waals surface area contributed by atoms with Crippen LogP contribution in [0.4, 0.5) is 0 Å². The van der Waals surface area contributed by atoms with Crippen LogP contribution in [0.5, 0.6) is 0 Å². The molecule has 0 N–H and O–H groups in total. The molecular weight excluding hydrogens is 304 g/mol. The van der Waals surface area contributed by atoms with E-state index in [2.05, 4.69) is 0 Å². The molecule has 4 aliphatic carbocycles. The Morgan fingerprint density at radius 1 is 1.12 bits per heavy atom. The van der Waals surface area contributed by atoms with Crippen LogP contribution in [0.1, 0.15) is 67.3 Å². The molecule has 1 aromatic heterocycles. The number of rotatable bonds is 4. The first-order valence-corrected chi connectivity index (χ1v) is 9.18. The molecule has 130 valence electrons. The highest BCUT2D eigenvalue weighted by Crippen LogP contribution is 2.60. The molecule has 0 aliphatic heterocycles. The van der Waals surface area contributed by atoms with Crippen LogP contribution < -0.4 is 0 Å². The van der Waals surface area contributed by atoms with E-state index in [4.69, 9.17) is 9.15 Å². The lowest BCUT2D eigenvalue weighted by Crippen LogP contribution is -2.52. The molecule has 1 atom stereocenters. The van der Waals surface area contributed by atoms with Gasteiger partial charge >= 0.3 is 5.97 Å². The van der Waals surface area contributed by atoms with E-state index in [-0.39, 0.29) is 11.2 Å². The molecule has 0 radical (unpaired) electrons. The van der Waals surface area contributed by atoms with Crippen molar-refractivity contribution in [1.82, 2.24) is 0 Å². The summed E-state index contributed by atoms with van der Waals surface area (Å²) in [5.41, 5.74) is 0.202. The fourth-order valence-electron chi connectivity index (χ4n) is 5.95. The minimum atomic E-state index is -0.677. The van der Waals surface area contributed by atoms with Crippen molar-refractivity contribution < 1.29 is 18.7 Å². The normalized spacial score (nSPS) is 35.0. The number of hydrogen-bond acceptors (Lipinski definition) is 4. The molecule has 4 nitrogen and oxygen atoms in total. The van der Waals surface area contributed by atoms with Gasteiger partial charge < -0.3 is 9.15 Å². The summed E-state index contributed by atoms with van der Waals surface area (Å²) < 4.78 is 10.9. The average Bonchev–Trinajstić information content (AvgIpc) is 2.83. The molecule has 0 amide bonds. The Morgan fingerprint density at radius 2 is 1.67 bits per heavy atom. The van der Waals surface area contributed by atoms with Crippen LogP contribution in [0, 0.1) is 37.0 Å². The monoisotopic (exact) mass is 330 g/mol. The summed E-state index contributed by atoms with van der Waals surface area (Å²) in [5, 5.41) is 0. The minimum absolute atomic E-state index is 0.146. The first-order chi connectivity index (χ1) is 11.4. The molecule has 4 saturated carbocycles. The fourth-order valence-corrected chi connectivity index (χ4v) is 5.95. The van der Waals surface area contributed by atoms with Crippen molar-refractivity contribution in [3.8, 4) is 0 Å². The summed E-state index contributed by atoms with van der Waals surface area (Å²) in [5.74, 6) is 3.06. The molecule has 0 saturated heterocycles. The summed E-state index contributed by atoms with van der Waals surface area (Å²) >= 11 is 0. The van der Waals surface area contributed by atoms with Crippen LogP contribution in [0.25, 0.3) is 0 Å². The summed E-state index contributed by atoms with van der Waals surface area (Å²) in [6.45, 7) is 5.28. The lowest BCUT2D eigenvalue weighted by atomic mass is 9.48. The zero-order chi connectivity index (χ0) is 17.1. The molecule has 4 bridgehead atoms. The van der Waals surface area contributed by atoms with Gasteiger partial charge in [0.05, 0.1) is 0 Å². The Balaban J connectivity index is 1.48. The van der Waals surface area contributed by atoms with Gasteiger partial charge in [-0.15, -0.1) is 0 Å². The van der Waals surface area contributed by atoms with Crippen molar-refractivity contribution in [3.05, 3.63) is 23.2 Å². The van der Waals surface area contributed by atoms with Crippen LogP contribution in [0.2, 0.25) is 0 Å². The third kappa shape index (κ3) is 2.51. The molecule has 1 unspecified atom stereocenters. The van der Waals surface area contributed by atoms with Gasteiger partial charge in [0.2, 0.25) is 0 Å². The Labute approximate surface area is 142 Å². The predicted octanol–water partition coefficient (Wildman–Crippen LogP) is 4.23. The van der Waals surface area contributed by atoms with Gasteiger partial charge in [0.25, 0.3) is 0 Å². The first-order valence-electron chi connectivity index (χ1n) is 9.18. The van der Waals surface area contributed by atoms with Gasteiger partial charge in [0, 0.05) is 5.41 Å². The van der Waals surface area contributed by atoms with Crippen molar-refractivity contribution in [2.24, 2.45) is 23.2 Å². The summed E-state index contributed by atoms with van der Waals surface area (Å²) in [6.07, 6.45) is 6.23. The van der Waals surface area contributed by atoms with Gasteiger partial charge in [-0.1, -0.05) is 0 Å². The molecule has 1 aromatic rings. The van der Waals surface area contributed by atoms with E-state index in [1.54, 1.807) is 26.8 Å². The van der Waals surface area contributed by atoms with Gasteiger partial charge in [0.15, 0.2) is 11.9 Å². The second-order valence-corrected chi connectivity index (χ2v) is 8.44. The minimum Gasteiger partial charge on any atom is -0.466 e. The quantitative estimate of drug-likeness (QED) is 0.775. The number of ketones is 1. The maximum absolute atomic E-state index is 13.2. The highest BCUT2D eigenvalue weighted by atomic mass is 16.5. The van der Waals surface area contributed by atoms with E-state index in [0.717, 1.165) is 19.3 Å². The third-order valence-electron chi connectivity index (χ3n) is 6.47. The molecule has 0 spiro atoms. The molecule has 0 aromatic carbocycles. The van der Waals surface area contributed by atoms with E-state index in [1.165, 1.54) is 19.3 Å². The fraction of sp³-hybridized carbons (Fsp3) is 0.700. The van der Waals surface area contributed by atoms with Gasteiger partial charge in [-0.3, -0.25) is 4.79 Å². The Kier molecular flexibility index (Phi) is 3.63. The van der Waals surface area contributed by atoms with E-state index in [1.807, 2.05) is 0 Å². The van der Waals surface area contributed by atoms with Crippen molar-refractivity contribution in [3.63, 3.8) is 0 Å². The second kappa shape index (κ2) is 5.47. The number of aryl methyl sites for hydroxylation is 2. The van der Waals surface area contributed by atoms with Crippen LogP contribution >= 0.6 is 0 Å². The Morgan fingerprint density at radius 3 is 2.12 bits per heavy atom. The number of ether oxygens (including phenoxy) is 1. The van der Waals surface area contributed by atoms with Crippen LogP contribution in [0.15, 0.2) is 10.5 Å². The number of Topliss-reactive ketones (excluding diaryl/α,β-unsaturated/α-hetero) is 1. The van der Waals surface area contributed by atoms with E-state index >= 15 is 0 Å². The standard InChI is InChI=1S/C20H26O4/c1-11-4-17(12(2)23-11)19(22)24-13(3)18(21)20-8-14-5-15(9-20)7-16(6-14)10-20/h4,13-16H,5-10H2,1-3H3. The van der Waals surface area contributed by atoms with E-state index in [0.29, 0.717) is 34.8 Å². The Hall–Kier alpha value is -1.58. The largest absolute Gasteiger partial charge is 0.466 e. The molecule has 4 aliphatic rings. The molecule has 4 fully saturated rings. The van der Waals surface area contributed by atoms with E-state index < -0.39 is 12.1 Å². The number of carbonyl (C=O) groups excluding carboxylic acids is 2. The van der Waals surface area contributed by atoms with Crippen molar-refractivity contribution in [2.45, 2.75) is 65.4 Å². The summed E-state index contributed by atoms with van der Waals surface area (Å²) in [4.78, 5) is 25.5. The number of hydrogen-bond donors (Lipinski definition) is 0. The third-order valence-corrected chi connectivity index (χ3v) is 6.47. The van der Waals surface area contributed by atoms with Gasteiger partial charge in [-0.25, -0.2) is 4.79 Å². The Bertz CT molecular complexity index is 649. The van der Waals surface area contributed by atoms with E-state index in [9.17, 15) is 9.59 Å². The predicted molar refractivity (Wildman–Crippen MR) is 88.7 cm³/mol. The number of esters is 1. The average molecular weight is 330 g/mol. The van der Waals surface area contributed by atoms with Gasteiger partial charge in [0.1, 0.15) is 17.1 Å². The van der Waals surface area contributed by atoms with Crippen molar-refractivity contribution in [2.75, 3.05) is 0 Å². The summed E-state index contributed by atoms with van der Waals surface area (Å²) in [7, 11) is 0.